The number of rotatable bonds is 4. The van der Waals surface area contributed by atoms with Gasteiger partial charge in [-0.2, -0.15) is 4.68 Å². The second kappa shape index (κ2) is 5.65. The summed E-state index contributed by atoms with van der Waals surface area (Å²) >= 11 is 4.43. The van der Waals surface area contributed by atoms with E-state index in [0.717, 1.165) is 9.36 Å². The van der Waals surface area contributed by atoms with E-state index in [9.17, 15) is 4.79 Å². The minimum atomic E-state index is -0.476. The molecule has 0 atom stereocenters. The molecule has 0 bridgehead atoms. The summed E-state index contributed by atoms with van der Waals surface area (Å²) in [5.41, 5.74) is -0.0179. The molecule has 0 amide bonds. The van der Waals surface area contributed by atoms with Gasteiger partial charge in [0.15, 0.2) is 5.82 Å². The Labute approximate surface area is 130 Å². The van der Waals surface area contributed by atoms with Crippen molar-refractivity contribution in [3.8, 4) is 11.0 Å². The number of hydrogen-bond acceptors (Lipinski definition) is 9. The molecule has 108 valence electrons. The van der Waals surface area contributed by atoms with Gasteiger partial charge in [0, 0.05) is 18.6 Å². The summed E-state index contributed by atoms with van der Waals surface area (Å²) < 4.78 is 15.3. The van der Waals surface area contributed by atoms with Crippen molar-refractivity contribution in [2.75, 3.05) is 0 Å². The summed E-state index contributed by atoms with van der Waals surface area (Å²) in [7, 11) is 1.47. The molecule has 21 heavy (non-hydrogen) atoms. The second-order valence-electron chi connectivity index (χ2n) is 3.71. The SMILES string of the molecule is [3H]c1csc(OCc2c(Br)nnnc2-n2nnn(C)c2=O)n1. The second-order valence-corrected chi connectivity index (χ2v) is 5.28. The van der Waals surface area contributed by atoms with E-state index >= 15 is 0 Å². The number of tetrazole rings is 1. The minimum Gasteiger partial charge on any atom is -0.465 e. The van der Waals surface area contributed by atoms with Crippen LogP contribution in [-0.4, -0.2) is 40.2 Å². The fourth-order valence-corrected chi connectivity index (χ4v) is 2.24. The van der Waals surface area contributed by atoms with Crippen molar-refractivity contribution in [3.63, 3.8) is 0 Å². The van der Waals surface area contributed by atoms with Crippen LogP contribution in [0.4, 0.5) is 0 Å². The first-order valence-electron chi connectivity index (χ1n) is 5.98. The lowest BCUT2D eigenvalue weighted by Crippen LogP contribution is -2.24. The van der Waals surface area contributed by atoms with Crippen molar-refractivity contribution in [3.05, 3.63) is 32.2 Å². The molecule has 3 aromatic rings. The van der Waals surface area contributed by atoms with Gasteiger partial charge in [-0.05, 0) is 31.6 Å². The van der Waals surface area contributed by atoms with Gasteiger partial charge >= 0.3 is 5.69 Å². The van der Waals surface area contributed by atoms with Gasteiger partial charge in [-0.3, -0.25) is 0 Å². The van der Waals surface area contributed by atoms with Gasteiger partial charge in [0.1, 0.15) is 11.2 Å². The van der Waals surface area contributed by atoms with Crippen LogP contribution in [0.5, 0.6) is 5.19 Å². The van der Waals surface area contributed by atoms with Crippen LogP contribution in [0.1, 0.15) is 6.93 Å². The number of nitrogens with zero attached hydrogens (tertiary/aromatic N) is 8. The zero-order valence-electron chi connectivity index (χ0n) is 11.5. The van der Waals surface area contributed by atoms with Crippen molar-refractivity contribution >= 4 is 27.3 Å². The quantitative estimate of drug-likeness (QED) is 0.626. The van der Waals surface area contributed by atoms with Crippen molar-refractivity contribution in [2.45, 2.75) is 6.61 Å². The van der Waals surface area contributed by atoms with Crippen molar-refractivity contribution in [1.82, 2.24) is 40.2 Å². The molecule has 0 saturated carbocycles. The van der Waals surface area contributed by atoms with Crippen molar-refractivity contribution < 1.29 is 6.11 Å². The third-order valence-electron chi connectivity index (χ3n) is 2.42. The van der Waals surface area contributed by atoms with Gasteiger partial charge in [-0.15, -0.1) is 14.9 Å². The first-order chi connectivity index (χ1) is 10.6. The maximum atomic E-state index is 11.9. The van der Waals surface area contributed by atoms with E-state index in [2.05, 4.69) is 46.8 Å². The predicted molar refractivity (Wildman–Crippen MR) is 74.1 cm³/mol. The highest BCUT2D eigenvalue weighted by atomic mass is 79.9. The fraction of sp³-hybridized carbons (Fsp3) is 0.222. The zero-order valence-corrected chi connectivity index (χ0v) is 12.9. The smallest absolute Gasteiger partial charge is 0.369 e. The lowest BCUT2D eigenvalue weighted by molar-refractivity contribution is 0.301. The average Bonchev–Trinajstić information content (AvgIpc) is 3.05. The molecule has 0 saturated heterocycles. The maximum Gasteiger partial charge on any atom is 0.369 e. The Bertz CT molecular complexity index is 877. The normalized spacial score (nSPS) is 11.4. The van der Waals surface area contributed by atoms with Crippen LogP contribution in [0.2, 0.25) is 0 Å². The van der Waals surface area contributed by atoms with Gasteiger partial charge in [0.05, 0.1) is 6.93 Å². The summed E-state index contributed by atoms with van der Waals surface area (Å²) in [6, 6.07) is 0. The first kappa shape index (κ1) is 12.5. The number of ether oxygens (including phenoxy) is 1. The first-order valence-corrected chi connectivity index (χ1v) is 7.15. The van der Waals surface area contributed by atoms with Crippen LogP contribution >= 0.6 is 27.3 Å². The average molecular weight is 373 g/mol. The lowest BCUT2D eigenvalue weighted by Gasteiger charge is -2.07. The Balaban J connectivity index is 1.96. The van der Waals surface area contributed by atoms with E-state index in [4.69, 9.17) is 6.11 Å². The molecule has 0 spiro atoms. The molecule has 3 aromatic heterocycles. The summed E-state index contributed by atoms with van der Waals surface area (Å²) in [5, 5.41) is 20.3. The Kier molecular flexibility index (Phi) is 3.37. The Morgan fingerprint density at radius 2 is 2.33 bits per heavy atom. The van der Waals surface area contributed by atoms with Crippen LogP contribution in [0, 0.1) is 0 Å². The molecule has 0 N–H and O–H groups in total. The van der Waals surface area contributed by atoms with Gasteiger partial charge < -0.3 is 4.74 Å². The topological polar surface area (TPSA) is 113 Å². The maximum absolute atomic E-state index is 11.9. The molecule has 0 aromatic carbocycles. The monoisotopic (exact) mass is 372 g/mol. The predicted octanol–water partition coefficient (Wildman–Crippen LogP) is -0.0510. The molecule has 12 heteroatoms. The summed E-state index contributed by atoms with van der Waals surface area (Å²) in [6.07, 6.45) is 0.121. The number of thiazole rings is 1. The molecule has 0 radical (unpaired) electrons. The fourth-order valence-electron chi connectivity index (χ4n) is 1.44. The van der Waals surface area contributed by atoms with E-state index in [0.29, 0.717) is 15.4 Å². The van der Waals surface area contributed by atoms with E-state index in [1.807, 2.05) is 0 Å². The van der Waals surface area contributed by atoms with Gasteiger partial charge in [-0.1, -0.05) is 11.3 Å². The van der Waals surface area contributed by atoms with Crippen LogP contribution in [0.15, 0.2) is 21.0 Å². The summed E-state index contributed by atoms with van der Waals surface area (Å²) in [5.74, 6) is 0.155. The Hall–Kier alpha value is -2.21. The van der Waals surface area contributed by atoms with Gasteiger partial charge in [0.2, 0.25) is 0 Å². The Morgan fingerprint density at radius 3 is 3.00 bits per heavy atom. The molecule has 0 fully saturated rings. The van der Waals surface area contributed by atoms with Crippen molar-refractivity contribution in [1.29, 1.82) is 0 Å². The largest absolute Gasteiger partial charge is 0.465 e. The standard InChI is InChI=1S/C9H7BrN8O2S/c1-17-9(19)18(16-15-17)7-5(6(10)12-14-13-7)4-20-8-11-2-3-21-8/h2-3H,4H2,1H3/i2T. The molecule has 10 nitrogen and oxygen atoms in total. The molecule has 0 aliphatic carbocycles. The lowest BCUT2D eigenvalue weighted by atomic mass is 10.3. The van der Waals surface area contributed by atoms with Crippen LogP contribution in [-0.2, 0) is 13.7 Å². The molecule has 0 aliphatic heterocycles. The number of aryl methyl sites for hydroxylation is 1. The molecule has 0 unspecified atom stereocenters. The number of aromatic nitrogens is 8. The molecular formula is C9H7BrN8O2S. The summed E-state index contributed by atoms with van der Waals surface area (Å²) in [6.45, 7) is 0.0222. The van der Waals surface area contributed by atoms with E-state index in [1.165, 1.54) is 18.4 Å². The minimum absolute atomic E-state index is 0.0222. The molecule has 0 aliphatic rings. The zero-order chi connectivity index (χ0) is 15.7. The summed E-state index contributed by atoms with van der Waals surface area (Å²) in [4.78, 5) is 15.8. The van der Waals surface area contributed by atoms with Gasteiger partial charge in [-0.25, -0.2) is 9.78 Å². The van der Waals surface area contributed by atoms with Crippen LogP contribution in [0.25, 0.3) is 5.82 Å². The van der Waals surface area contributed by atoms with Gasteiger partial charge in [0.25, 0.3) is 5.19 Å². The van der Waals surface area contributed by atoms with E-state index in [-0.39, 0.29) is 18.6 Å². The van der Waals surface area contributed by atoms with Crippen LogP contribution < -0.4 is 10.4 Å². The number of hydrogen-bond donors (Lipinski definition) is 0. The highest BCUT2D eigenvalue weighted by Gasteiger charge is 2.18. The van der Waals surface area contributed by atoms with E-state index in [1.54, 1.807) is 5.38 Å². The number of halogens is 1. The van der Waals surface area contributed by atoms with E-state index < -0.39 is 5.69 Å². The third-order valence-corrected chi connectivity index (χ3v) is 3.69. The highest BCUT2D eigenvalue weighted by Crippen LogP contribution is 2.21. The Morgan fingerprint density at radius 1 is 1.48 bits per heavy atom. The molecular weight excluding hydrogens is 364 g/mol. The highest BCUT2D eigenvalue weighted by molar-refractivity contribution is 9.10. The molecule has 3 rings (SSSR count). The third kappa shape index (κ3) is 2.67. The van der Waals surface area contributed by atoms with Crippen molar-refractivity contribution in [2.24, 2.45) is 7.05 Å². The van der Waals surface area contributed by atoms with Crippen LogP contribution in [0.3, 0.4) is 0 Å². The molecule has 3 heterocycles.